The Morgan fingerprint density at radius 3 is 2.50 bits per heavy atom. The van der Waals surface area contributed by atoms with E-state index in [1.54, 1.807) is 0 Å². The molecule has 1 fully saturated rings. The van der Waals surface area contributed by atoms with Gasteiger partial charge in [-0.2, -0.15) is 0 Å². The van der Waals surface area contributed by atoms with Crippen molar-refractivity contribution in [3.63, 3.8) is 0 Å². The van der Waals surface area contributed by atoms with Crippen LogP contribution in [0.4, 0.5) is 20.2 Å². The number of benzene rings is 1. The Bertz CT molecular complexity index is 795. The van der Waals surface area contributed by atoms with Crippen LogP contribution in [0.5, 0.6) is 0 Å². The molecule has 1 aromatic heterocycles. The molecule has 0 atom stereocenters. The highest BCUT2D eigenvalue weighted by molar-refractivity contribution is 6.34. The van der Waals surface area contributed by atoms with Gasteiger partial charge in [0.1, 0.15) is 17.3 Å². The molecule has 2 aromatic rings. The van der Waals surface area contributed by atoms with Crippen molar-refractivity contribution in [3.05, 3.63) is 57.0 Å². The highest BCUT2D eigenvalue weighted by Gasteiger charge is 2.31. The van der Waals surface area contributed by atoms with Gasteiger partial charge in [0.15, 0.2) is 0 Å². The lowest BCUT2D eigenvalue weighted by molar-refractivity contribution is 0.591. The molecule has 1 heterocycles. The van der Waals surface area contributed by atoms with Crippen molar-refractivity contribution in [1.29, 1.82) is 5.41 Å². The lowest BCUT2D eigenvalue weighted by Gasteiger charge is -2.14. The molecule has 0 amide bonds. The second kappa shape index (κ2) is 5.53. The van der Waals surface area contributed by atoms with E-state index in [1.165, 1.54) is 12.3 Å². The summed E-state index contributed by atoms with van der Waals surface area (Å²) in [6.07, 6.45) is 2.87. The van der Waals surface area contributed by atoms with Crippen molar-refractivity contribution < 1.29 is 8.78 Å². The minimum Gasteiger partial charge on any atom is -0.349 e. The molecule has 3 rings (SSSR count). The van der Waals surface area contributed by atoms with Gasteiger partial charge in [0.25, 0.3) is 5.56 Å². The van der Waals surface area contributed by atoms with Crippen molar-refractivity contribution in [1.82, 2.24) is 4.98 Å². The summed E-state index contributed by atoms with van der Waals surface area (Å²) < 4.78 is 27.6. The predicted octanol–water partition coefficient (Wildman–Crippen LogP) is 3.83. The standard InChI is InChI=1S/C15H12ClF2N3O/c16-8-6-20-15(22)11(12(19)7-4-5-7)13(8)21-14-9(17)2-1-3-10(14)18/h1-3,6-7,19H,4-5H2,(H2,20,21,22). The monoisotopic (exact) mass is 323 g/mol. The van der Waals surface area contributed by atoms with Gasteiger partial charge in [-0.3, -0.25) is 4.79 Å². The van der Waals surface area contributed by atoms with Crippen molar-refractivity contribution >= 4 is 28.7 Å². The van der Waals surface area contributed by atoms with E-state index < -0.39 is 22.9 Å². The number of anilines is 2. The molecule has 0 unspecified atom stereocenters. The second-order valence-corrected chi connectivity index (χ2v) is 5.53. The maximum atomic E-state index is 13.8. The molecule has 7 heteroatoms. The Morgan fingerprint density at radius 2 is 1.91 bits per heavy atom. The second-order valence-electron chi connectivity index (χ2n) is 5.13. The molecule has 0 saturated heterocycles. The first kappa shape index (κ1) is 14.7. The van der Waals surface area contributed by atoms with Gasteiger partial charge in [0.2, 0.25) is 0 Å². The molecule has 1 aromatic carbocycles. The number of hydrogen-bond acceptors (Lipinski definition) is 3. The summed E-state index contributed by atoms with van der Waals surface area (Å²) in [7, 11) is 0. The van der Waals surface area contributed by atoms with Crippen LogP contribution in [0.1, 0.15) is 18.4 Å². The van der Waals surface area contributed by atoms with Gasteiger partial charge in [-0.15, -0.1) is 0 Å². The van der Waals surface area contributed by atoms with Crippen LogP contribution in [-0.4, -0.2) is 10.7 Å². The topological polar surface area (TPSA) is 68.7 Å². The third-order valence-electron chi connectivity index (χ3n) is 3.51. The number of rotatable bonds is 4. The Hall–Kier alpha value is -2.21. The molecule has 0 spiro atoms. The van der Waals surface area contributed by atoms with Crippen LogP contribution in [0.3, 0.4) is 0 Å². The molecule has 4 nitrogen and oxygen atoms in total. The fourth-order valence-electron chi connectivity index (χ4n) is 2.20. The molecule has 0 aliphatic heterocycles. The molecular formula is C15H12ClF2N3O. The van der Waals surface area contributed by atoms with Crippen LogP contribution in [0.25, 0.3) is 0 Å². The molecule has 1 aliphatic carbocycles. The number of hydrogen-bond donors (Lipinski definition) is 3. The maximum absolute atomic E-state index is 13.8. The largest absolute Gasteiger partial charge is 0.349 e. The summed E-state index contributed by atoms with van der Waals surface area (Å²) in [6, 6.07) is 3.43. The van der Waals surface area contributed by atoms with E-state index in [0.29, 0.717) is 0 Å². The van der Waals surface area contributed by atoms with Crippen LogP contribution in [0.15, 0.2) is 29.2 Å². The minimum atomic E-state index is -0.805. The first-order valence-electron chi connectivity index (χ1n) is 6.70. The third kappa shape index (κ3) is 2.62. The van der Waals surface area contributed by atoms with Gasteiger partial charge in [0, 0.05) is 17.8 Å². The van der Waals surface area contributed by atoms with Crippen molar-refractivity contribution in [2.75, 3.05) is 5.32 Å². The first-order chi connectivity index (χ1) is 10.5. The van der Waals surface area contributed by atoms with Crippen LogP contribution < -0.4 is 10.9 Å². The fraction of sp³-hybridized carbons (Fsp3) is 0.200. The number of halogens is 3. The zero-order valence-corrected chi connectivity index (χ0v) is 12.1. The van der Waals surface area contributed by atoms with E-state index in [0.717, 1.165) is 25.0 Å². The van der Waals surface area contributed by atoms with Crippen molar-refractivity contribution in [3.8, 4) is 0 Å². The zero-order valence-electron chi connectivity index (χ0n) is 11.3. The summed E-state index contributed by atoms with van der Waals surface area (Å²) in [5.41, 5.74) is -0.715. The van der Waals surface area contributed by atoms with Crippen LogP contribution in [-0.2, 0) is 0 Å². The van der Waals surface area contributed by atoms with Crippen molar-refractivity contribution in [2.24, 2.45) is 5.92 Å². The number of nitrogens with one attached hydrogen (secondary N) is 3. The molecule has 0 radical (unpaired) electrons. The summed E-state index contributed by atoms with van der Waals surface area (Å²) >= 11 is 6.05. The molecule has 0 bridgehead atoms. The van der Waals surface area contributed by atoms with Crippen molar-refractivity contribution in [2.45, 2.75) is 12.8 Å². The molecular weight excluding hydrogens is 312 g/mol. The molecule has 22 heavy (non-hydrogen) atoms. The van der Waals surface area contributed by atoms with E-state index in [-0.39, 0.29) is 27.9 Å². The van der Waals surface area contributed by atoms with Gasteiger partial charge in [-0.05, 0) is 25.0 Å². The lowest BCUT2D eigenvalue weighted by atomic mass is 10.1. The number of H-pyrrole nitrogens is 1. The summed E-state index contributed by atoms with van der Waals surface area (Å²) in [6.45, 7) is 0. The Morgan fingerprint density at radius 1 is 1.27 bits per heavy atom. The predicted molar refractivity (Wildman–Crippen MR) is 81.3 cm³/mol. The Kier molecular flexibility index (Phi) is 3.70. The number of pyridine rings is 1. The SMILES string of the molecule is N=C(c1c(Nc2c(F)cccc2F)c(Cl)c[nH]c1=O)C1CC1. The lowest BCUT2D eigenvalue weighted by Crippen LogP contribution is -2.21. The average Bonchev–Trinajstić information content (AvgIpc) is 3.30. The molecule has 114 valence electrons. The van der Waals surface area contributed by atoms with E-state index in [2.05, 4.69) is 10.3 Å². The normalized spacial score (nSPS) is 14.0. The molecule has 1 aliphatic rings. The van der Waals surface area contributed by atoms with E-state index in [9.17, 15) is 13.6 Å². The van der Waals surface area contributed by atoms with Crippen LogP contribution in [0.2, 0.25) is 5.02 Å². The van der Waals surface area contributed by atoms with Gasteiger partial charge in [-0.1, -0.05) is 17.7 Å². The summed E-state index contributed by atoms with van der Waals surface area (Å²) in [4.78, 5) is 14.5. The highest BCUT2D eigenvalue weighted by Crippen LogP contribution is 2.36. The Balaban J connectivity index is 2.12. The molecule has 3 N–H and O–H groups in total. The highest BCUT2D eigenvalue weighted by atomic mass is 35.5. The summed E-state index contributed by atoms with van der Waals surface area (Å²) in [5, 5.41) is 10.7. The number of aromatic nitrogens is 1. The quantitative estimate of drug-likeness (QED) is 0.748. The third-order valence-corrected chi connectivity index (χ3v) is 3.81. The first-order valence-corrected chi connectivity index (χ1v) is 7.08. The fourth-order valence-corrected chi connectivity index (χ4v) is 2.40. The Labute approximate surface area is 129 Å². The van der Waals surface area contributed by atoms with E-state index in [4.69, 9.17) is 17.0 Å². The minimum absolute atomic E-state index is 0.00872. The van der Waals surface area contributed by atoms with E-state index >= 15 is 0 Å². The maximum Gasteiger partial charge on any atom is 0.259 e. The molecule has 1 saturated carbocycles. The van der Waals surface area contributed by atoms with Gasteiger partial charge >= 0.3 is 0 Å². The summed E-state index contributed by atoms with van der Waals surface area (Å²) in [5.74, 6) is -1.62. The van der Waals surface area contributed by atoms with Gasteiger partial charge in [0.05, 0.1) is 16.3 Å². The van der Waals surface area contributed by atoms with Gasteiger partial charge < -0.3 is 15.7 Å². The van der Waals surface area contributed by atoms with Crippen LogP contribution in [0, 0.1) is 23.0 Å². The number of para-hydroxylation sites is 1. The zero-order chi connectivity index (χ0) is 15.9. The number of aromatic amines is 1. The smallest absolute Gasteiger partial charge is 0.259 e. The van der Waals surface area contributed by atoms with Gasteiger partial charge in [-0.25, -0.2) is 8.78 Å². The average molecular weight is 324 g/mol. The van der Waals surface area contributed by atoms with Crippen LogP contribution >= 0.6 is 11.6 Å². The van der Waals surface area contributed by atoms with E-state index in [1.807, 2.05) is 0 Å².